The van der Waals surface area contributed by atoms with Crippen molar-refractivity contribution in [2.45, 2.75) is 38.3 Å². The standard InChI is InChI=1S/C24H35N3O7/c25-7-9-32-11-13-34-15-14-33-12-10-31-8-1-2-18-3-4-20-19(16-18)17-27(24(20)30)21-5-6-22(28)26-23(21)29/h3-4,16,21H,1-2,5-15,17,25H2,(H,26,28,29). The smallest absolute Gasteiger partial charge is 0.255 e. The summed E-state index contributed by atoms with van der Waals surface area (Å²) in [5.74, 6) is -0.820. The lowest BCUT2D eigenvalue weighted by atomic mass is 10.0. The molecule has 188 valence electrons. The summed E-state index contributed by atoms with van der Waals surface area (Å²) < 4.78 is 21.7. The number of rotatable bonds is 16. The first-order valence-electron chi connectivity index (χ1n) is 11.9. The number of nitrogens with two attached hydrogens (primary N) is 1. The second-order valence-corrected chi connectivity index (χ2v) is 8.23. The highest BCUT2D eigenvalue weighted by molar-refractivity contribution is 6.05. The van der Waals surface area contributed by atoms with Crippen LogP contribution in [0, 0.1) is 0 Å². The molecule has 0 aromatic heterocycles. The third kappa shape index (κ3) is 7.85. The fourth-order valence-corrected chi connectivity index (χ4v) is 4.01. The number of aryl methyl sites for hydroxylation is 1. The summed E-state index contributed by atoms with van der Waals surface area (Å²) in [4.78, 5) is 37.9. The maximum absolute atomic E-state index is 12.7. The van der Waals surface area contributed by atoms with E-state index >= 15 is 0 Å². The Labute approximate surface area is 200 Å². The van der Waals surface area contributed by atoms with Crippen LogP contribution in [-0.2, 0) is 41.5 Å². The molecule has 1 unspecified atom stereocenters. The van der Waals surface area contributed by atoms with Gasteiger partial charge < -0.3 is 29.6 Å². The van der Waals surface area contributed by atoms with E-state index in [9.17, 15) is 14.4 Å². The maximum atomic E-state index is 12.7. The quantitative estimate of drug-likeness (QED) is 0.259. The van der Waals surface area contributed by atoms with E-state index in [0.717, 1.165) is 24.0 Å². The molecule has 2 heterocycles. The highest BCUT2D eigenvalue weighted by Gasteiger charge is 2.38. The second-order valence-electron chi connectivity index (χ2n) is 8.23. The van der Waals surface area contributed by atoms with Gasteiger partial charge in [-0.3, -0.25) is 19.7 Å². The molecule has 1 aromatic carbocycles. The van der Waals surface area contributed by atoms with Crippen molar-refractivity contribution < 1.29 is 33.3 Å². The number of benzene rings is 1. The topological polar surface area (TPSA) is 129 Å². The van der Waals surface area contributed by atoms with Gasteiger partial charge in [0.05, 0.1) is 46.2 Å². The van der Waals surface area contributed by atoms with Gasteiger partial charge in [-0.1, -0.05) is 12.1 Å². The van der Waals surface area contributed by atoms with Crippen molar-refractivity contribution in [3.8, 4) is 0 Å². The van der Waals surface area contributed by atoms with Gasteiger partial charge in [-0.05, 0) is 36.5 Å². The number of nitrogens with zero attached hydrogens (tertiary/aromatic N) is 1. The lowest BCUT2D eigenvalue weighted by Gasteiger charge is -2.29. The number of nitrogens with one attached hydrogen (secondary N) is 1. The Hall–Kier alpha value is -2.37. The van der Waals surface area contributed by atoms with Crippen LogP contribution in [-0.4, -0.2) is 88.1 Å². The highest BCUT2D eigenvalue weighted by Crippen LogP contribution is 2.28. The minimum Gasteiger partial charge on any atom is -0.379 e. The molecule has 0 aliphatic carbocycles. The Morgan fingerprint density at radius 1 is 0.912 bits per heavy atom. The number of hydrogen-bond donors (Lipinski definition) is 2. The Morgan fingerprint density at radius 3 is 2.21 bits per heavy atom. The van der Waals surface area contributed by atoms with Crippen LogP contribution in [0.25, 0.3) is 0 Å². The SMILES string of the molecule is NCCOCCOCCOCCOCCCc1ccc2c(c1)CN(C1CCC(=O)NC1=O)C2=O. The van der Waals surface area contributed by atoms with Crippen LogP contribution in [0.15, 0.2) is 18.2 Å². The summed E-state index contributed by atoms with van der Waals surface area (Å²) in [5.41, 5.74) is 8.01. The van der Waals surface area contributed by atoms with E-state index in [0.29, 0.717) is 77.9 Å². The van der Waals surface area contributed by atoms with Crippen molar-refractivity contribution in [2.75, 3.05) is 59.4 Å². The Bertz CT molecular complexity index is 833. The third-order valence-electron chi connectivity index (χ3n) is 5.72. The fraction of sp³-hybridized carbons (Fsp3) is 0.625. The molecule has 2 aliphatic heterocycles. The Kier molecular flexibility index (Phi) is 10.9. The Morgan fingerprint density at radius 2 is 1.56 bits per heavy atom. The van der Waals surface area contributed by atoms with Gasteiger partial charge in [-0.25, -0.2) is 0 Å². The molecule has 1 saturated heterocycles. The summed E-state index contributed by atoms with van der Waals surface area (Å²) >= 11 is 0. The number of fused-ring (bicyclic) bond motifs is 1. The predicted molar refractivity (Wildman–Crippen MR) is 123 cm³/mol. The molecule has 0 saturated carbocycles. The van der Waals surface area contributed by atoms with Crippen molar-refractivity contribution in [2.24, 2.45) is 5.73 Å². The number of carbonyl (C=O) groups is 3. The molecular formula is C24H35N3O7. The lowest BCUT2D eigenvalue weighted by Crippen LogP contribution is -2.52. The van der Waals surface area contributed by atoms with E-state index in [1.54, 1.807) is 4.90 Å². The summed E-state index contributed by atoms with van der Waals surface area (Å²) in [6, 6.07) is 5.23. The van der Waals surface area contributed by atoms with Gasteiger partial charge in [0.1, 0.15) is 6.04 Å². The van der Waals surface area contributed by atoms with Crippen LogP contribution >= 0.6 is 0 Å². The normalized spacial score (nSPS) is 17.9. The second kappa shape index (κ2) is 14.1. The molecule has 3 rings (SSSR count). The zero-order chi connectivity index (χ0) is 24.2. The molecule has 34 heavy (non-hydrogen) atoms. The third-order valence-corrected chi connectivity index (χ3v) is 5.72. The number of amides is 3. The molecule has 1 aromatic rings. The number of imide groups is 1. The molecule has 3 amide bonds. The minimum absolute atomic E-state index is 0.148. The summed E-state index contributed by atoms with van der Waals surface area (Å²) in [7, 11) is 0. The zero-order valence-electron chi connectivity index (χ0n) is 19.6. The summed E-state index contributed by atoms with van der Waals surface area (Å²) in [6.07, 6.45) is 2.32. The number of hydrogen-bond acceptors (Lipinski definition) is 8. The van der Waals surface area contributed by atoms with E-state index in [-0.39, 0.29) is 24.1 Å². The number of carbonyl (C=O) groups excluding carboxylic acids is 3. The number of ether oxygens (including phenoxy) is 4. The van der Waals surface area contributed by atoms with Gasteiger partial charge in [0, 0.05) is 31.7 Å². The van der Waals surface area contributed by atoms with Crippen LogP contribution in [0.1, 0.15) is 40.7 Å². The Balaban J connectivity index is 1.26. The van der Waals surface area contributed by atoms with E-state index < -0.39 is 6.04 Å². The van der Waals surface area contributed by atoms with Gasteiger partial charge in [0.15, 0.2) is 0 Å². The number of piperidine rings is 1. The van der Waals surface area contributed by atoms with Crippen molar-refractivity contribution >= 4 is 17.7 Å². The van der Waals surface area contributed by atoms with Crippen molar-refractivity contribution in [3.63, 3.8) is 0 Å². The van der Waals surface area contributed by atoms with E-state index in [1.165, 1.54) is 0 Å². The molecule has 1 atom stereocenters. The zero-order valence-corrected chi connectivity index (χ0v) is 19.6. The van der Waals surface area contributed by atoms with Crippen LogP contribution < -0.4 is 11.1 Å². The molecule has 2 aliphatic rings. The van der Waals surface area contributed by atoms with Gasteiger partial charge in [0.2, 0.25) is 11.8 Å². The molecule has 10 nitrogen and oxygen atoms in total. The lowest BCUT2D eigenvalue weighted by molar-refractivity contribution is -0.136. The molecule has 3 N–H and O–H groups in total. The van der Waals surface area contributed by atoms with E-state index in [4.69, 9.17) is 24.7 Å². The van der Waals surface area contributed by atoms with Crippen LogP contribution in [0.4, 0.5) is 0 Å². The largest absolute Gasteiger partial charge is 0.379 e. The highest BCUT2D eigenvalue weighted by atomic mass is 16.6. The minimum atomic E-state index is -0.585. The summed E-state index contributed by atoms with van der Waals surface area (Å²) in [6.45, 7) is 5.24. The van der Waals surface area contributed by atoms with E-state index in [2.05, 4.69) is 5.32 Å². The van der Waals surface area contributed by atoms with Gasteiger partial charge in [-0.15, -0.1) is 0 Å². The first-order valence-corrected chi connectivity index (χ1v) is 11.9. The van der Waals surface area contributed by atoms with Gasteiger partial charge >= 0.3 is 0 Å². The van der Waals surface area contributed by atoms with Crippen molar-refractivity contribution in [1.29, 1.82) is 0 Å². The predicted octanol–water partition coefficient (Wildman–Crippen LogP) is 0.405. The van der Waals surface area contributed by atoms with Crippen LogP contribution in [0.3, 0.4) is 0 Å². The van der Waals surface area contributed by atoms with Gasteiger partial charge in [-0.2, -0.15) is 0 Å². The van der Waals surface area contributed by atoms with Crippen LogP contribution in [0.5, 0.6) is 0 Å². The molecule has 0 spiro atoms. The first kappa shape index (κ1) is 26.2. The first-order chi connectivity index (χ1) is 16.6. The fourth-order valence-electron chi connectivity index (χ4n) is 4.01. The van der Waals surface area contributed by atoms with Gasteiger partial charge in [0.25, 0.3) is 5.91 Å². The molecule has 10 heteroatoms. The average molecular weight is 478 g/mol. The van der Waals surface area contributed by atoms with Crippen molar-refractivity contribution in [3.05, 3.63) is 34.9 Å². The average Bonchev–Trinajstić information content (AvgIpc) is 3.14. The molecule has 0 bridgehead atoms. The summed E-state index contributed by atoms with van der Waals surface area (Å²) in [5, 5.41) is 2.33. The van der Waals surface area contributed by atoms with Crippen LogP contribution in [0.2, 0.25) is 0 Å². The van der Waals surface area contributed by atoms with E-state index in [1.807, 2.05) is 18.2 Å². The molecular weight excluding hydrogens is 442 g/mol. The maximum Gasteiger partial charge on any atom is 0.255 e. The molecule has 0 radical (unpaired) electrons. The molecule has 1 fully saturated rings. The van der Waals surface area contributed by atoms with Crippen molar-refractivity contribution in [1.82, 2.24) is 10.2 Å². The monoisotopic (exact) mass is 477 g/mol.